The van der Waals surface area contributed by atoms with E-state index in [1.807, 2.05) is 0 Å². The first-order valence-corrected chi connectivity index (χ1v) is 8.78. The van der Waals surface area contributed by atoms with E-state index in [0.29, 0.717) is 18.4 Å². The number of fused-ring (bicyclic) bond motifs is 1. The molecule has 128 valence electrons. The predicted molar refractivity (Wildman–Crippen MR) is 100 cm³/mol. The lowest BCUT2D eigenvalue weighted by atomic mass is 9.98. The molecule has 4 rings (SSSR count). The second-order valence-electron chi connectivity index (χ2n) is 6.93. The van der Waals surface area contributed by atoms with E-state index in [0.717, 1.165) is 25.8 Å². The van der Waals surface area contributed by atoms with E-state index >= 15 is 0 Å². The third-order valence-corrected chi connectivity index (χ3v) is 5.51. The molecular weight excluding hydrogens is 320 g/mol. The highest BCUT2D eigenvalue weighted by atomic mass is 35.5. The van der Waals surface area contributed by atoms with E-state index in [2.05, 4.69) is 47.4 Å². The van der Waals surface area contributed by atoms with Crippen LogP contribution in [0.25, 0.3) is 10.8 Å². The number of halogens is 1. The topological polar surface area (TPSA) is 46.3 Å². The SMILES string of the molecule is Cl.NCC1CCCCN1C(=O)C1CC1c1cccc2ccccc12. The normalized spacial score (nSPS) is 26.0. The van der Waals surface area contributed by atoms with Crippen molar-refractivity contribution in [3.05, 3.63) is 48.0 Å². The van der Waals surface area contributed by atoms with E-state index in [4.69, 9.17) is 5.73 Å². The summed E-state index contributed by atoms with van der Waals surface area (Å²) in [4.78, 5) is 15.0. The molecule has 3 nitrogen and oxygen atoms in total. The second-order valence-corrected chi connectivity index (χ2v) is 6.93. The third-order valence-electron chi connectivity index (χ3n) is 5.51. The number of likely N-dealkylation sites (tertiary alicyclic amines) is 1. The minimum absolute atomic E-state index is 0. The Labute approximate surface area is 149 Å². The van der Waals surface area contributed by atoms with Crippen LogP contribution in [0.2, 0.25) is 0 Å². The Morgan fingerprint density at radius 2 is 1.92 bits per heavy atom. The zero-order valence-electron chi connectivity index (χ0n) is 13.9. The first-order valence-electron chi connectivity index (χ1n) is 8.78. The van der Waals surface area contributed by atoms with Crippen molar-refractivity contribution in [2.24, 2.45) is 11.7 Å². The van der Waals surface area contributed by atoms with Gasteiger partial charge in [0.25, 0.3) is 0 Å². The Bertz CT molecular complexity index is 727. The van der Waals surface area contributed by atoms with Gasteiger partial charge in [-0.25, -0.2) is 0 Å². The number of piperidine rings is 1. The van der Waals surface area contributed by atoms with Gasteiger partial charge in [0.05, 0.1) is 0 Å². The first-order chi connectivity index (χ1) is 11.3. The standard InChI is InChI=1S/C20H24N2O.ClH/c21-13-15-8-3-4-11-22(15)20(23)19-12-18(19)17-10-5-7-14-6-1-2-9-16(14)17;/h1-2,5-7,9-10,15,18-19H,3-4,8,11-13,21H2;1H. The van der Waals surface area contributed by atoms with Crippen molar-refractivity contribution >= 4 is 29.1 Å². The molecule has 0 spiro atoms. The van der Waals surface area contributed by atoms with Crippen LogP contribution in [0.15, 0.2) is 42.5 Å². The van der Waals surface area contributed by atoms with Crippen molar-refractivity contribution in [3.63, 3.8) is 0 Å². The maximum Gasteiger partial charge on any atom is 0.226 e. The summed E-state index contributed by atoms with van der Waals surface area (Å²) in [5.41, 5.74) is 7.21. The fourth-order valence-electron chi connectivity index (χ4n) is 4.13. The number of rotatable bonds is 3. The van der Waals surface area contributed by atoms with Crippen LogP contribution >= 0.6 is 12.4 Å². The highest BCUT2D eigenvalue weighted by Crippen LogP contribution is 2.50. The first kappa shape index (κ1) is 17.2. The van der Waals surface area contributed by atoms with Crippen molar-refractivity contribution in [2.75, 3.05) is 13.1 Å². The lowest BCUT2D eigenvalue weighted by Crippen LogP contribution is -2.48. The molecule has 1 amide bonds. The van der Waals surface area contributed by atoms with Crippen LogP contribution in [0, 0.1) is 5.92 Å². The summed E-state index contributed by atoms with van der Waals surface area (Å²) in [6.07, 6.45) is 4.37. The average molecular weight is 345 g/mol. The molecule has 3 atom stereocenters. The summed E-state index contributed by atoms with van der Waals surface area (Å²) in [5.74, 6) is 0.875. The highest BCUT2D eigenvalue weighted by Gasteiger charge is 2.47. The van der Waals surface area contributed by atoms with Crippen molar-refractivity contribution < 1.29 is 4.79 Å². The van der Waals surface area contributed by atoms with Crippen LogP contribution in [-0.2, 0) is 4.79 Å². The number of hydrogen-bond donors (Lipinski definition) is 1. The van der Waals surface area contributed by atoms with Gasteiger partial charge >= 0.3 is 0 Å². The zero-order chi connectivity index (χ0) is 15.8. The fourth-order valence-corrected chi connectivity index (χ4v) is 4.13. The number of amides is 1. The van der Waals surface area contributed by atoms with Gasteiger partial charge in [0.2, 0.25) is 5.91 Å². The molecular formula is C20H25ClN2O. The van der Waals surface area contributed by atoms with Crippen LogP contribution in [0.4, 0.5) is 0 Å². The second kappa shape index (κ2) is 7.12. The third kappa shape index (κ3) is 3.03. The Kier molecular flexibility index (Phi) is 5.12. The van der Waals surface area contributed by atoms with Gasteiger partial charge in [-0.2, -0.15) is 0 Å². The maximum atomic E-state index is 12.9. The Morgan fingerprint density at radius 1 is 1.12 bits per heavy atom. The molecule has 1 saturated carbocycles. The van der Waals surface area contributed by atoms with Gasteiger partial charge in [-0.1, -0.05) is 42.5 Å². The van der Waals surface area contributed by atoms with Gasteiger partial charge in [-0.15, -0.1) is 12.4 Å². The number of nitrogens with zero attached hydrogens (tertiary/aromatic N) is 1. The molecule has 2 aromatic carbocycles. The molecule has 0 radical (unpaired) electrons. The number of hydrogen-bond acceptors (Lipinski definition) is 2. The molecule has 24 heavy (non-hydrogen) atoms. The van der Waals surface area contributed by atoms with Crippen LogP contribution in [0.1, 0.15) is 37.2 Å². The highest BCUT2D eigenvalue weighted by molar-refractivity contribution is 5.89. The van der Waals surface area contributed by atoms with E-state index in [-0.39, 0.29) is 24.4 Å². The largest absolute Gasteiger partial charge is 0.338 e. The summed E-state index contributed by atoms with van der Waals surface area (Å²) in [6, 6.07) is 15.2. The molecule has 1 aliphatic heterocycles. The Hall–Kier alpha value is -1.58. The van der Waals surface area contributed by atoms with Gasteiger partial charge in [0.15, 0.2) is 0 Å². The summed E-state index contributed by atoms with van der Waals surface area (Å²) in [7, 11) is 0. The molecule has 2 aliphatic rings. The molecule has 1 heterocycles. The van der Waals surface area contributed by atoms with E-state index in [9.17, 15) is 4.79 Å². The zero-order valence-corrected chi connectivity index (χ0v) is 14.7. The molecule has 4 heteroatoms. The summed E-state index contributed by atoms with van der Waals surface area (Å²) in [5, 5.41) is 2.56. The lowest BCUT2D eigenvalue weighted by Gasteiger charge is -2.35. The molecule has 2 fully saturated rings. The van der Waals surface area contributed by atoms with Crippen molar-refractivity contribution in [2.45, 2.75) is 37.6 Å². The van der Waals surface area contributed by atoms with Gasteiger partial charge in [0, 0.05) is 25.0 Å². The quantitative estimate of drug-likeness (QED) is 0.922. The summed E-state index contributed by atoms with van der Waals surface area (Å²) in [6.45, 7) is 1.48. The number of carbonyl (C=O) groups excluding carboxylic acids is 1. The molecule has 3 unspecified atom stereocenters. The van der Waals surface area contributed by atoms with Crippen LogP contribution < -0.4 is 5.73 Å². The fraction of sp³-hybridized carbons (Fsp3) is 0.450. The summed E-state index contributed by atoms with van der Waals surface area (Å²) >= 11 is 0. The van der Waals surface area contributed by atoms with Crippen molar-refractivity contribution in [3.8, 4) is 0 Å². The molecule has 1 aliphatic carbocycles. The number of carbonyl (C=O) groups is 1. The van der Waals surface area contributed by atoms with Crippen molar-refractivity contribution in [1.82, 2.24) is 4.90 Å². The van der Waals surface area contributed by atoms with Crippen molar-refractivity contribution in [1.29, 1.82) is 0 Å². The van der Waals surface area contributed by atoms with Gasteiger partial charge in [-0.3, -0.25) is 4.79 Å². The minimum atomic E-state index is 0. The smallest absolute Gasteiger partial charge is 0.226 e. The minimum Gasteiger partial charge on any atom is -0.338 e. The molecule has 0 aromatic heterocycles. The number of nitrogens with two attached hydrogens (primary N) is 1. The molecule has 1 saturated heterocycles. The lowest BCUT2D eigenvalue weighted by molar-refractivity contribution is -0.136. The molecule has 0 bridgehead atoms. The Morgan fingerprint density at radius 3 is 2.75 bits per heavy atom. The maximum absolute atomic E-state index is 12.9. The average Bonchev–Trinajstić information content (AvgIpc) is 3.41. The van der Waals surface area contributed by atoms with E-state index in [1.165, 1.54) is 22.8 Å². The molecule has 2 N–H and O–H groups in total. The number of benzene rings is 2. The van der Waals surface area contributed by atoms with Gasteiger partial charge in [-0.05, 0) is 47.9 Å². The van der Waals surface area contributed by atoms with Crippen LogP contribution in [-0.4, -0.2) is 29.9 Å². The van der Waals surface area contributed by atoms with E-state index in [1.54, 1.807) is 0 Å². The summed E-state index contributed by atoms with van der Waals surface area (Å²) < 4.78 is 0. The van der Waals surface area contributed by atoms with Crippen LogP contribution in [0.3, 0.4) is 0 Å². The monoisotopic (exact) mass is 344 g/mol. The predicted octanol–water partition coefficient (Wildman–Crippen LogP) is 3.70. The van der Waals surface area contributed by atoms with E-state index < -0.39 is 0 Å². The van der Waals surface area contributed by atoms with Crippen LogP contribution in [0.5, 0.6) is 0 Å². The van der Waals surface area contributed by atoms with Gasteiger partial charge in [0.1, 0.15) is 0 Å². The Balaban J connectivity index is 0.00000169. The molecule has 2 aromatic rings. The van der Waals surface area contributed by atoms with Gasteiger partial charge < -0.3 is 10.6 Å².